The van der Waals surface area contributed by atoms with E-state index in [1.807, 2.05) is 21.1 Å². The lowest BCUT2D eigenvalue weighted by Gasteiger charge is -2.24. The van der Waals surface area contributed by atoms with E-state index in [0.29, 0.717) is 17.6 Å². The van der Waals surface area contributed by atoms with Gasteiger partial charge in [-0.25, -0.2) is 4.57 Å². The van der Waals surface area contributed by atoms with Crippen molar-refractivity contribution in [1.82, 2.24) is 0 Å². The summed E-state index contributed by atoms with van der Waals surface area (Å²) < 4.78 is 35.0. The van der Waals surface area contributed by atoms with E-state index in [-0.39, 0.29) is 32.2 Å². The molecule has 9 heteroatoms. The van der Waals surface area contributed by atoms with Crippen LogP contribution in [-0.4, -0.2) is 75.6 Å². The molecule has 0 rings (SSSR count). The minimum atomic E-state index is -4.29. The topological polar surface area (TPSA) is 91.3 Å². The Balaban J connectivity index is 4.17. The summed E-state index contributed by atoms with van der Waals surface area (Å²) in [6, 6.07) is 0. The Hall–Kier alpha value is -2.32. The minimum Gasteiger partial charge on any atom is -0.457 e. The van der Waals surface area contributed by atoms with Gasteiger partial charge in [0.1, 0.15) is 19.3 Å². The van der Waals surface area contributed by atoms with Crippen LogP contribution in [0.5, 0.6) is 0 Å². The maximum absolute atomic E-state index is 12.7. The van der Waals surface area contributed by atoms with Gasteiger partial charge in [0.2, 0.25) is 0 Å². The number of phosphoric ester groups is 1. The molecule has 0 saturated carbocycles. The van der Waals surface area contributed by atoms with E-state index in [1.54, 1.807) is 0 Å². The van der Waals surface area contributed by atoms with Crippen LogP contribution < -0.4 is 0 Å². The molecule has 0 heterocycles. The van der Waals surface area contributed by atoms with Crippen molar-refractivity contribution in [3.05, 3.63) is 85.1 Å². The molecular weight excluding hydrogens is 758 g/mol. The standard InChI is InChI=1S/C50H88NO7P/c1-6-8-10-12-14-16-18-20-21-22-23-24-25-26-27-28-29-30-32-34-36-38-40-42-45-55-47-49(48-57-59(53,54)56-46-44-51(3,4)5)58-50(52)43-41-39-37-35-33-31-19-17-15-13-11-9-7-2/h8-11,14-17,20-21,23-24,31,33,49H,6-7,12-13,18-19,22,25-30,32,34-48H2,1-5H3/p+1/b10-8-,11-9-,16-14-,17-15-,21-20-,24-23-,33-31-. The van der Waals surface area contributed by atoms with E-state index >= 15 is 0 Å². The van der Waals surface area contributed by atoms with Crippen LogP contribution in [0.1, 0.15) is 168 Å². The Morgan fingerprint density at radius 1 is 0.525 bits per heavy atom. The predicted octanol–water partition coefficient (Wildman–Crippen LogP) is 14.1. The lowest BCUT2D eigenvalue weighted by atomic mass is 10.1. The summed E-state index contributed by atoms with van der Waals surface area (Å²) in [6.07, 6.45) is 56.3. The van der Waals surface area contributed by atoms with Crippen LogP contribution >= 0.6 is 7.82 Å². The van der Waals surface area contributed by atoms with Gasteiger partial charge in [-0.15, -0.1) is 0 Å². The molecule has 0 bridgehead atoms. The van der Waals surface area contributed by atoms with Crippen molar-refractivity contribution in [3.8, 4) is 0 Å². The fourth-order valence-corrected chi connectivity index (χ4v) is 6.65. The summed E-state index contributed by atoms with van der Waals surface area (Å²) in [7, 11) is 1.63. The highest BCUT2D eigenvalue weighted by Crippen LogP contribution is 2.43. The summed E-state index contributed by atoms with van der Waals surface area (Å²) in [5.74, 6) is -0.347. The summed E-state index contributed by atoms with van der Waals surface area (Å²) in [4.78, 5) is 22.9. The second-order valence-electron chi connectivity index (χ2n) is 16.4. The third kappa shape index (κ3) is 46.6. The molecule has 0 aliphatic rings. The number of likely N-dealkylation sites (N-methyl/N-ethyl adjacent to an activating group) is 1. The quantitative estimate of drug-likeness (QED) is 0.0215. The van der Waals surface area contributed by atoms with Crippen molar-refractivity contribution in [2.24, 2.45) is 0 Å². The third-order valence-corrected chi connectivity index (χ3v) is 10.4. The number of allylic oxidation sites excluding steroid dienone is 14. The van der Waals surface area contributed by atoms with Crippen molar-refractivity contribution >= 4 is 13.8 Å². The average molecular weight is 847 g/mol. The number of hydrogen-bond donors (Lipinski definition) is 1. The van der Waals surface area contributed by atoms with Gasteiger partial charge >= 0.3 is 13.8 Å². The fourth-order valence-electron chi connectivity index (χ4n) is 5.91. The lowest BCUT2D eigenvalue weighted by molar-refractivity contribution is -0.870. The Bertz CT molecular complexity index is 1210. The van der Waals surface area contributed by atoms with Crippen LogP contribution in [0, 0.1) is 0 Å². The van der Waals surface area contributed by atoms with Crippen LogP contribution in [0.4, 0.5) is 0 Å². The molecule has 0 aromatic heterocycles. The summed E-state index contributed by atoms with van der Waals surface area (Å²) >= 11 is 0. The van der Waals surface area contributed by atoms with E-state index in [1.165, 1.54) is 64.2 Å². The number of carbonyl (C=O) groups excluding carboxylic acids is 1. The largest absolute Gasteiger partial charge is 0.472 e. The number of rotatable bonds is 42. The van der Waals surface area contributed by atoms with Crippen molar-refractivity contribution < 1.29 is 37.3 Å². The van der Waals surface area contributed by atoms with Crippen molar-refractivity contribution in [1.29, 1.82) is 0 Å². The molecule has 0 fully saturated rings. The maximum atomic E-state index is 12.7. The molecule has 2 atom stereocenters. The summed E-state index contributed by atoms with van der Waals surface area (Å²) in [6.45, 7) is 5.33. The van der Waals surface area contributed by atoms with Crippen molar-refractivity contribution in [2.45, 2.75) is 174 Å². The molecule has 59 heavy (non-hydrogen) atoms. The molecule has 0 aromatic rings. The Labute approximate surface area is 363 Å². The molecule has 0 aromatic carbocycles. The molecule has 0 amide bonds. The normalized spacial score (nSPS) is 14.5. The predicted molar refractivity (Wildman–Crippen MR) is 251 cm³/mol. The van der Waals surface area contributed by atoms with Gasteiger partial charge in [-0.2, -0.15) is 0 Å². The Morgan fingerprint density at radius 3 is 1.39 bits per heavy atom. The fraction of sp³-hybridized carbons (Fsp3) is 0.700. The van der Waals surface area contributed by atoms with Crippen LogP contribution in [0.25, 0.3) is 0 Å². The van der Waals surface area contributed by atoms with Crippen molar-refractivity contribution in [3.63, 3.8) is 0 Å². The average Bonchev–Trinajstić information content (AvgIpc) is 3.19. The SMILES string of the molecule is CC/C=C\C/C=C\C/C=C\C/C=C\CCCCCCCCCCCCCOCC(COP(=O)(O)OCC[N+](C)(C)C)OC(=O)CCCCC/C=C\C/C=C\C/C=C\CC. The second-order valence-corrected chi connectivity index (χ2v) is 17.8. The number of hydrogen-bond acceptors (Lipinski definition) is 6. The highest BCUT2D eigenvalue weighted by Gasteiger charge is 2.26. The molecule has 0 spiro atoms. The van der Waals surface area contributed by atoms with E-state index in [2.05, 4.69) is 98.9 Å². The van der Waals surface area contributed by atoms with E-state index in [4.69, 9.17) is 18.5 Å². The zero-order valence-electron chi connectivity index (χ0n) is 38.5. The maximum Gasteiger partial charge on any atom is 0.472 e. The Morgan fingerprint density at radius 2 is 0.932 bits per heavy atom. The zero-order valence-corrected chi connectivity index (χ0v) is 39.4. The smallest absolute Gasteiger partial charge is 0.457 e. The molecule has 0 saturated heterocycles. The van der Waals surface area contributed by atoms with Crippen LogP contribution in [0.2, 0.25) is 0 Å². The molecular formula is C50H89NO7P+. The van der Waals surface area contributed by atoms with E-state index in [0.717, 1.165) is 83.5 Å². The summed E-state index contributed by atoms with van der Waals surface area (Å²) in [5, 5.41) is 0. The van der Waals surface area contributed by atoms with Crippen LogP contribution in [0.3, 0.4) is 0 Å². The first-order valence-electron chi connectivity index (χ1n) is 23.3. The molecule has 8 nitrogen and oxygen atoms in total. The summed E-state index contributed by atoms with van der Waals surface area (Å²) in [5.41, 5.74) is 0. The van der Waals surface area contributed by atoms with Gasteiger partial charge < -0.3 is 18.9 Å². The van der Waals surface area contributed by atoms with Gasteiger partial charge in [0.15, 0.2) is 0 Å². The monoisotopic (exact) mass is 847 g/mol. The van der Waals surface area contributed by atoms with Gasteiger partial charge in [-0.05, 0) is 83.5 Å². The number of nitrogens with zero attached hydrogens (tertiary/aromatic N) is 1. The van der Waals surface area contributed by atoms with Gasteiger partial charge in [0.25, 0.3) is 0 Å². The number of ether oxygens (including phenoxy) is 2. The molecule has 0 radical (unpaired) electrons. The minimum absolute atomic E-state index is 0.0779. The first-order valence-corrected chi connectivity index (χ1v) is 24.8. The van der Waals surface area contributed by atoms with E-state index in [9.17, 15) is 14.3 Å². The van der Waals surface area contributed by atoms with Gasteiger partial charge in [0, 0.05) is 13.0 Å². The van der Waals surface area contributed by atoms with Crippen LogP contribution in [0.15, 0.2) is 85.1 Å². The first kappa shape index (κ1) is 56.7. The van der Waals surface area contributed by atoms with Crippen molar-refractivity contribution in [2.75, 3.05) is 54.1 Å². The van der Waals surface area contributed by atoms with Gasteiger partial charge in [-0.3, -0.25) is 13.8 Å². The number of quaternary nitrogens is 1. The molecule has 2 unspecified atom stereocenters. The molecule has 0 aliphatic carbocycles. The molecule has 340 valence electrons. The number of unbranched alkanes of at least 4 members (excludes halogenated alkanes) is 14. The third-order valence-electron chi connectivity index (χ3n) is 9.45. The first-order chi connectivity index (χ1) is 28.6. The Kier molecular flexibility index (Phi) is 40.7. The second kappa shape index (κ2) is 42.4. The highest BCUT2D eigenvalue weighted by atomic mass is 31.2. The number of phosphoric acid groups is 1. The van der Waals surface area contributed by atoms with Crippen LogP contribution in [-0.2, 0) is 27.9 Å². The van der Waals surface area contributed by atoms with E-state index < -0.39 is 13.9 Å². The zero-order chi connectivity index (χ0) is 43.4. The molecule has 1 N–H and O–H groups in total. The highest BCUT2D eigenvalue weighted by molar-refractivity contribution is 7.47. The lowest BCUT2D eigenvalue weighted by Crippen LogP contribution is -2.37. The number of esters is 1. The molecule has 0 aliphatic heterocycles. The van der Waals surface area contributed by atoms with Gasteiger partial charge in [-0.1, -0.05) is 163 Å². The number of carbonyl (C=O) groups is 1. The van der Waals surface area contributed by atoms with Gasteiger partial charge in [0.05, 0.1) is 34.4 Å².